The van der Waals surface area contributed by atoms with E-state index in [2.05, 4.69) is 15.3 Å². The van der Waals surface area contributed by atoms with Crippen LogP contribution in [0.5, 0.6) is 0 Å². The first kappa shape index (κ1) is 15.8. The van der Waals surface area contributed by atoms with E-state index < -0.39 is 4.92 Å². The van der Waals surface area contributed by atoms with Gasteiger partial charge in [-0.25, -0.2) is 0 Å². The predicted octanol–water partition coefficient (Wildman–Crippen LogP) is 2.36. The fourth-order valence-corrected chi connectivity index (χ4v) is 2.14. The number of hydrogen-bond acceptors (Lipinski definition) is 6. The topological polar surface area (TPSA) is 92.3 Å². The van der Waals surface area contributed by atoms with Gasteiger partial charge < -0.3 is 4.90 Å². The first-order valence-corrected chi connectivity index (χ1v) is 7.01. The first-order chi connectivity index (χ1) is 10.4. The van der Waals surface area contributed by atoms with Crippen LogP contribution < -0.4 is 4.90 Å². The maximum Gasteiger partial charge on any atom is 0.293 e. The minimum Gasteiger partial charge on any atom is -0.372 e. The molecule has 0 atom stereocenters. The second-order valence-corrected chi connectivity index (χ2v) is 5.14. The van der Waals surface area contributed by atoms with Crippen molar-refractivity contribution in [3.05, 3.63) is 44.5 Å². The molecule has 1 N–H and O–H groups in total. The molecule has 0 aliphatic carbocycles. The minimum atomic E-state index is -0.409. The molecule has 1 heterocycles. The second kappa shape index (κ2) is 6.48. The van der Waals surface area contributed by atoms with E-state index in [0.717, 1.165) is 0 Å². The van der Waals surface area contributed by atoms with E-state index >= 15 is 0 Å². The Kier molecular flexibility index (Phi) is 4.66. The molecule has 1 aromatic heterocycles. The van der Waals surface area contributed by atoms with Crippen molar-refractivity contribution in [2.45, 2.75) is 13.3 Å². The second-order valence-electron chi connectivity index (χ2n) is 4.75. The normalized spacial score (nSPS) is 11.0. The molecule has 2 rings (SSSR count). The van der Waals surface area contributed by atoms with E-state index in [1.54, 1.807) is 31.1 Å². The van der Waals surface area contributed by atoms with Gasteiger partial charge in [-0.2, -0.15) is 14.9 Å². The van der Waals surface area contributed by atoms with Crippen molar-refractivity contribution < 1.29 is 4.92 Å². The van der Waals surface area contributed by atoms with E-state index in [0.29, 0.717) is 28.3 Å². The standard InChI is InChI=1S/C13H16N6O2S/c1-4-12-15-16-13(22)18(12)14-8-9-5-6-10(17(2)3)11(7-9)19(20)21/h5-8H,4H2,1-3H3,(H,16,22)/b14-8-. The quantitative estimate of drug-likeness (QED) is 0.395. The number of nitro groups is 1. The average molecular weight is 320 g/mol. The van der Waals surface area contributed by atoms with Crippen LogP contribution in [-0.4, -0.2) is 40.1 Å². The summed E-state index contributed by atoms with van der Waals surface area (Å²) in [6.07, 6.45) is 2.20. The van der Waals surface area contributed by atoms with Crippen molar-refractivity contribution >= 4 is 29.8 Å². The molecule has 116 valence electrons. The summed E-state index contributed by atoms with van der Waals surface area (Å²) in [5.74, 6) is 0.695. The van der Waals surface area contributed by atoms with Gasteiger partial charge in [0.1, 0.15) is 5.69 Å². The number of benzene rings is 1. The number of hydrogen-bond donors (Lipinski definition) is 1. The molecule has 0 saturated carbocycles. The van der Waals surface area contributed by atoms with Gasteiger partial charge in [0.15, 0.2) is 5.82 Å². The largest absolute Gasteiger partial charge is 0.372 e. The number of nitrogens with one attached hydrogen (secondary N) is 1. The third-order valence-corrected chi connectivity index (χ3v) is 3.30. The summed E-state index contributed by atoms with van der Waals surface area (Å²) < 4.78 is 1.88. The van der Waals surface area contributed by atoms with Gasteiger partial charge in [0, 0.05) is 32.1 Å². The zero-order valence-corrected chi connectivity index (χ0v) is 13.3. The van der Waals surface area contributed by atoms with Crippen LogP contribution in [0.1, 0.15) is 18.3 Å². The van der Waals surface area contributed by atoms with Crippen LogP contribution in [0.15, 0.2) is 23.3 Å². The van der Waals surface area contributed by atoms with Crippen molar-refractivity contribution in [3.63, 3.8) is 0 Å². The fraction of sp³-hybridized carbons (Fsp3) is 0.308. The van der Waals surface area contributed by atoms with Gasteiger partial charge in [0.05, 0.1) is 11.1 Å². The third kappa shape index (κ3) is 3.19. The van der Waals surface area contributed by atoms with Gasteiger partial charge in [0.2, 0.25) is 4.77 Å². The van der Waals surface area contributed by atoms with Crippen molar-refractivity contribution in [3.8, 4) is 0 Å². The predicted molar refractivity (Wildman–Crippen MR) is 87.2 cm³/mol. The van der Waals surface area contributed by atoms with Crippen LogP contribution in [0, 0.1) is 14.9 Å². The van der Waals surface area contributed by atoms with Crippen molar-refractivity contribution in [2.24, 2.45) is 5.10 Å². The number of aromatic amines is 1. The molecule has 0 bridgehead atoms. The van der Waals surface area contributed by atoms with E-state index in [9.17, 15) is 10.1 Å². The number of H-pyrrole nitrogens is 1. The minimum absolute atomic E-state index is 0.0282. The Morgan fingerprint density at radius 3 is 2.86 bits per heavy atom. The Morgan fingerprint density at radius 2 is 2.27 bits per heavy atom. The SMILES string of the molecule is CCc1n[nH]c(=S)n1/N=C\c1ccc(N(C)C)c([N+](=O)[O-])c1. The maximum absolute atomic E-state index is 11.2. The molecule has 0 unspecified atom stereocenters. The van der Waals surface area contributed by atoms with E-state index in [-0.39, 0.29) is 5.69 Å². The number of aromatic nitrogens is 3. The molecule has 0 radical (unpaired) electrons. The zero-order valence-electron chi connectivity index (χ0n) is 12.5. The summed E-state index contributed by atoms with van der Waals surface area (Å²) in [5, 5.41) is 22.1. The number of anilines is 1. The lowest BCUT2D eigenvalue weighted by Gasteiger charge is -2.12. The lowest BCUT2D eigenvalue weighted by Crippen LogP contribution is -2.11. The fourth-order valence-electron chi connectivity index (χ4n) is 1.94. The van der Waals surface area contributed by atoms with Crippen LogP contribution in [0.4, 0.5) is 11.4 Å². The van der Waals surface area contributed by atoms with Crippen molar-refractivity contribution in [1.29, 1.82) is 0 Å². The zero-order chi connectivity index (χ0) is 16.3. The highest BCUT2D eigenvalue weighted by molar-refractivity contribution is 7.71. The number of nitrogens with zero attached hydrogens (tertiary/aromatic N) is 5. The van der Waals surface area contributed by atoms with Crippen LogP contribution in [0.3, 0.4) is 0 Å². The van der Waals surface area contributed by atoms with Gasteiger partial charge >= 0.3 is 0 Å². The van der Waals surface area contributed by atoms with Crippen LogP contribution in [-0.2, 0) is 6.42 Å². The van der Waals surface area contributed by atoms with Gasteiger partial charge in [-0.1, -0.05) is 13.0 Å². The Hall–Kier alpha value is -2.55. The van der Waals surface area contributed by atoms with Crippen molar-refractivity contribution in [1.82, 2.24) is 14.9 Å². The molecule has 2 aromatic rings. The molecular weight excluding hydrogens is 304 g/mol. The van der Waals surface area contributed by atoms with Crippen LogP contribution >= 0.6 is 12.2 Å². The summed E-state index contributed by atoms with van der Waals surface area (Å²) in [4.78, 5) is 12.4. The number of nitro benzene ring substituents is 1. The van der Waals surface area contributed by atoms with E-state index in [1.807, 2.05) is 6.92 Å². The molecule has 0 fully saturated rings. The summed E-state index contributed by atoms with van der Waals surface area (Å²) in [6.45, 7) is 1.94. The Labute approximate surface area is 132 Å². The molecule has 9 heteroatoms. The Morgan fingerprint density at radius 1 is 1.55 bits per heavy atom. The molecule has 0 saturated heterocycles. The lowest BCUT2D eigenvalue weighted by molar-refractivity contribution is -0.384. The number of aryl methyl sites for hydroxylation is 1. The molecule has 0 amide bonds. The summed E-state index contributed by atoms with van der Waals surface area (Å²) in [6, 6.07) is 4.93. The first-order valence-electron chi connectivity index (χ1n) is 6.60. The monoisotopic (exact) mass is 320 g/mol. The van der Waals surface area contributed by atoms with Gasteiger partial charge in [0.25, 0.3) is 5.69 Å². The van der Waals surface area contributed by atoms with Crippen LogP contribution in [0.2, 0.25) is 0 Å². The average Bonchev–Trinajstić information content (AvgIpc) is 2.84. The van der Waals surface area contributed by atoms with Gasteiger partial charge in [-0.05, 0) is 18.3 Å². The summed E-state index contributed by atoms with van der Waals surface area (Å²) in [7, 11) is 3.52. The van der Waals surface area contributed by atoms with Crippen LogP contribution in [0.25, 0.3) is 0 Å². The van der Waals surface area contributed by atoms with E-state index in [4.69, 9.17) is 12.2 Å². The lowest BCUT2D eigenvalue weighted by atomic mass is 10.2. The summed E-state index contributed by atoms with van der Waals surface area (Å²) >= 11 is 5.09. The summed E-state index contributed by atoms with van der Waals surface area (Å²) in [5.41, 5.74) is 1.18. The molecule has 1 aromatic carbocycles. The molecular formula is C13H16N6O2S. The molecule has 8 nitrogen and oxygen atoms in total. The van der Waals surface area contributed by atoms with E-state index in [1.165, 1.54) is 17.0 Å². The Balaban J connectivity index is 2.40. The molecule has 0 aliphatic rings. The van der Waals surface area contributed by atoms with Crippen molar-refractivity contribution in [2.75, 3.05) is 19.0 Å². The smallest absolute Gasteiger partial charge is 0.293 e. The molecule has 0 aliphatic heterocycles. The maximum atomic E-state index is 11.2. The molecule has 0 spiro atoms. The van der Waals surface area contributed by atoms with Gasteiger partial charge in [-0.3, -0.25) is 15.2 Å². The Bertz CT molecular complexity index is 777. The third-order valence-electron chi connectivity index (χ3n) is 3.03. The number of rotatable bonds is 5. The highest BCUT2D eigenvalue weighted by atomic mass is 32.1. The van der Waals surface area contributed by atoms with Gasteiger partial charge in [-0.15, -0.1) is 0 Å². The highest BCUT2D eigenvalue weighted by Crippen LogP contribution is 2.27. The highest BCUT2D eigenvalue weighted by Gasteiger charge is 2.15. The molecule has 22 heavy (non-hydrogen) atoms.